The van der Waals surface area contributed by atoms with E-state index >= 15 is 0 Å². The van der Waals surface area contributed by atoms with E-state index in [1.54, 1.807) is 5.57 Å². The van der Waals surface area contributed by atoms with Crippen LogP contribution in [0.1, 0.15) is 120 Å². The molecule has 31 heavy (non-hydrogen) atoms. The Balaban J connectivity index is 1.57. The van der Waals surface area contributed by atoms with Gasteiger partial charge in [-0.3, -0.25) is 0 Å². The van der Waals surface area contributed by atoms with Gasteiger partial charge >= 0.3 is 0 Å². The normalized spacial score (nSPS) is 48.4. The minimum Gasteiger partial charge on any atom is -0.390 e. The number of rotatable bonds is 4. The predicted molar refractivity (Wildman–Crippen MR) is 133 cm³/mol. The summed E-state index contributed by atoms with van der Waals surface area (Å²) in [5.41, 5.74) is 2.53. The van der Waals surface area contributed by atoms with Crippen LogP contribution < -0.4 is 0 Å². The summed E-state index contributed by atoms with van der Waals surface area (Å²) in [4.78, 5) is 0. The smallest absolute Gasteiger partial charge is 0.0682 e. The average Bonchev–Trinajstić information content (AvgIpc) is 3.04. The maximum atomic E-state index is 11.1. The molecule has 1 nitrogen and oxygen atoms in total. The summed E-state index contributed by atoms with van der Waals surface area (Å²) in [5, 5.41) is 11.1. The molecule has 4 aliphatic rings. The summed E-state index contributed by atoms with van der Waals surface area (Å²) < 4.78 is 0. The minimum atomic E-state index is -0.442. The van der Waals surface area contributed by atoms with Crippen molar-refractivity contribution in [3.8, 4) is 0 Å². The van der Waals surface area contributed by atoms with E-state index in [1.165, 1.54) is 44.9 Å². The largest absolute Gasteiger partial charge is 0.390 e. The summed E-state index contributed by atoms with van der Waals surface area (Å²) >= 11 is 0. The van der Waals surface area contributed by atoms with Crippen LogP contribution in [0.3, 0.4) is 0 Å². The van der Waals surface area contributed by atoms with E-state index in [2.05, 4.69) is 61.5 Å². The molecular weight excluding hydrogens is 376 g/mol. The van der Waals surface area contributed by atoms with Gasteiger partial charge in [-0.15, -0.1) is 0 Å². The van der Waals surface area contributed by atoms with Gasteiger partial charge in [0.15, 0.2) is 0 Å². The lowest BCUT2D eigenvalue weighted by Gasteiger charge is -2.61. The summed E-state index contributed by atoms with van der Waals surface area (Å²) in [6.07, 6.45) is 15.2. The van der Waals surface area contributed by atoms with Crippen molar-refractivity contribution in [1.82, 2.24) is 0 Å². The molecule has 0 spiro atoms. The Kier molecular flexibility index (Phi) is 6.07. The van der Waals surface area contributed by atoms with E-state index in [4.69, 9.17) is 0 Å². The molecule has 1 heteroatoms. The fourth-order valence-electron chi connectivity index (χ4n) is 9.21. The first-order valence-corrected chi connectivity index (χ1v) is 13.8. The van der Waals surface area contributed by atoms with Crippen LogP contribution in [-0.4, -0.2) is 10.7 Å². The van der Waals surface area contributed by atoms with Gasteiger partial charge in [0, 0.05) is 0 Å². The topological polar surface area (TPSA) is 20.2 Å². The summed E-state index contributed by atoms with van der Waals surface area (Å²) in [6, 6.07) is 0. The van der Waals surface area contributed by atoms with Gasteiger partial charge in [0.2, 0.25) is 0 Å². The zero-order valence-electron chi connectivity index (χ0n) is 22.1. The molecule has 0 bridgehead atoms. The van der Waals surface area contributed by atoms with Gasteiger partial charge in [-0.25, -0.2) is 0 Å². The summed E-state index contributed by atoms with van der Waals surface area (Å²) in [7, 11) is 0. The second-order valence-corrected chi connectivity index (χ2v) is 14.3. The molecule has 4 aliphatic carbocycles. The Morgan fingerprint density at radius 3 is 2.42 bits per heavy atom. The Labute approximate surface area is 193 Å². The van der Waals surface area contributed by atoms with Crippen molar-refractivity contribution in [3.63, 3.8) is 0 Å². The fraction of sp³-hybridized carbons (Fsp3) is 0.933. The quantitative estimate of drug-likeness (QED) is 0.445. The highest BCUT2D eigenvalue weighted by atomic mass is 16.3. The van der Waals surface area contributed by atoms with E-state index in [-0.39, 0.29) is 0 Å². The lowest BCUT2D eigenvalue weighted by molar-refractivity contribution is -0.0881. The molecule has 1 N–H and O–H groups in total. The van der Waals surface area contributed by atoms with Crippen LogP contribution in [0.15, 0.2) is 11.6 Å². The molecule has 3 saturated carbocycles. The summed E-state index contributed by atoms with van der Waals surface area (Å²) in [5.74, 6) is 5.07. The summed E-state index contributed by atoms with van der Waals surface area (Å²) in [6.45, 7) is 19.8. The van der Waals surface area contributed by atoms with Crippen molar-refractivity contribution in [3.05, 3.63) is 11.6 Å². The van der Waals surface area contributed by atoms with E-state index in [1.807, 2.05) is 0 Å². The van der Waals surface area contributed by atoms with E-state index in [0.29, 0.717) is 22.2 Å². The molecule has 0 unspecified atom stereocenters. The number of hydrogen-bond acceptors (Lipinski definition) is 1. The highest BCUT2D eigenvalue weighted by molar-refractivity contribution is 5.28. The molecule has 0 aliphatic heterocycles. The molecular formula is C30H52O. The van der Waals surface area contributed by atoms with Crippen LogP contribution in [0.4, 0.5) is 0 Å². The predicted octanol–water partition coefficient (Wildman–Crippen LogP) is 8.41. The minimum absolute atomic E-state index is 0.343. The Morgan fingerprint density at radius 2 is 1.77 bits per heavy atom. The Hall–Kier alpha value is -0.300. The molecule has 4 rings (SSSR count). The second kappa shape index (κ2) is 7.89. The van der Waals surface area contributed by atoms with Crippen LogP contribution in [0, 0.1) is 51.8 Å². The lowest BCUT2D eigenvalue weighted by atomic mass is 9.44. The zero-order chi connectivity index (χ0) is 22.8. The van der Waals surface area contributed by atoms with Crippen LogP contribution in [0.2, 0.25) is 0 Å². The van der Waals surface area contributed by atoms with Crippen molar-refractivity contribution < 1.29 is 5.11 Å². The van der Waals surface area contributed by atoms with Crippen molar-refractivity contribution >= 4 is 0 Å². The number of aliphatic hydroxyl groups is 1. The van der Waals surface area contributed by atoms with Gasteiger partial charge < -0.3 is 5.11 Å². The first-order chi connectivity index (χ1) is 14.3. The van der Waals surface area contributed by atoms with E-state index in [0.717, 1.165) is 48.9 Å². The standard InChI is InChI=1S/C30H52O/c1-9-30(31)17-16-28(7)22(19-30)18-21(3)26-24-11-10-23(20(2)12-14-27(4,5)6)29(24,8)15-13-25(26)28/h18,20-21,23-26,31H,9-17,19H2,1-8H3/t20-,21-,23-,24+,25+,26+,28+,29-,30+/m1/s1. The molecule has 0 radical (unpaired) electrons. The molecule has 0 heterocycles. The maximum absolute atomic E-state index is 11.1. The van der Waals surface area contributed by atoms with E-state index < -0.39 is 5.60 Å². The lowest BCUT2D eigenvalue weighted by Crippen LogP contribution is -2.54. The monoisotopic (exact) mass is 428 g/mol. The molecule has 0 aromatic heterocycles. The van der Waals surface area contributed by atoms with Gasteiger partial charge in [-0.2, -0.15) is 0 Å². The molecule has 0 saturated heterocycles. The number of fused-ring (bicyclic) bond motifs is 5. The molecule has 3 fully saturated rings. The third-order valence-electron chi connectivity index (χ3n) is 11.4. The maximum Gasteiger partial charge on any atom is 0.0682 e. The first kappa shape index (κ1) is 23.8. The first-order valence-electron chi connectivity index (χ1n) is 13.8. The molecule has 9 atom stereocenters. The number of hydrogen-bond donors (Lipinski definition) is 1. The van der Waals surface area contributed by atoms with Gasteiger partial charge in [-0.05, 0) is 116 Å². The van der Waals surface area contributed by atoms with Crippen LogP contribution in [0.25, 0.3) is 0 Å². The third-order valence-corrected chi connectivity index (χ3v) is 11.4. The SMILES string of the molecule is CC[C@]1(O)CC[C@@]2(C)C(=C[C@@H](C)[C@H]3[C@@H]4CC[C@H]([C@H](C)CCC(C)(C)C)[C@@]4(C)CC[C@@H]32)C1. The third kappa shape index (κ3) is 3.98. The molecule has 178 valence electrons. The van der Waals surface area contributed by atoms with Gasteiger partial charge in [0.05, 0.1) is 5.60 Å². The highest BCUT2D eigenvalue weighted by Crippen LogP contribution is 2.68. The Morgan fingerprint density at radius 1 is 1.06 bits per heavy atom. The number of allylic oxidation sites excluding steroid dienone is 1. The molecule has 0 aromatic carbocycles. The zero-order valence-corrected chi connectivity index (χ0v) is 22.1. The highest BCUT2D eigenvalue weighted by Gasteiger charge is 2.61. The fourth-order valence-corrected chi connectivity index (χ4v) is 9.21. The average molecular weight is 429 g/mol. The van der Waals surface area contributed by atoms with Crippen LogP contribution in [0.5, 0.6) is 0 Å². The Bertz CT molecular complexity index is 700. The second-order valence-electron chi connectivity index (χ2n) is 14.3. The van der Waals surface area contributed by atoms with Crippen molar-refractivity contribution in [1.29, 1.82) is 0 Å². The molecule has 0 amide bonds. The van der Waals surface area contributed by atoms with Crippen LogP contribution in [-0.2, 0) is 0 Å². The van der Waals surface area contributed by atoms with Crippen LogP contribution >= 0.6 is 0 Å². The van der Waals surface area contributed by atoms with Gasteiger partial charge in [0.25, 0.3) is 0 Å². The van der Waals surface area contributed by atoms with Crippen molar-refractivity contribution in [2.45, 2.75) is 125 Å². The molecule has 0 aromatic rings. The van der Waals surface area contributed by atoms with Crippen molar-refractivity contribution in [2.75, 3.05) is 0 Å². The van der Waals surface area contributed by atoms with Crippen molar-refractivity contribution in [2.24, 2.45) is 51.8 Å². The van der Waals surface area contributed by atoms with E-state index in [9.17, 15) is 5.11 Å². The van der Waals surface area contributed by atoms with Gasteiger partial charge in [0.1, 0.15) is 0 Å². The van der Waals surface area contributed by atoms with Gasteiger partial charge in [-0.1, -0.05) is 67.0 Å².